The molecule has 2 aromatic carbocycles. The number of nitrogens with zero attached hydrogens (tertiary/aromatic N) is 2. The summed E-state index contributed by atoms with van der Waals surface area (Å²) in [5.74, 6) is 0.0411. The van der Waals surface area contributed by atoms with Crippen LogP contribution in [0.2, 0.25) is 0 Å². The Hall–Kier alpha value is -2.62. The van der Waals surface area contributed by atoms with Crippen LogP contribution in [0.15, 0.2) is 42.5 Å². The molecule has 0 unspecified atom stereocenters. The van der Waals surface area contributed by atoms with Crippen LogP contribution in [0.1, 0.15) is 54.1 Å². The Morgan fingerprint density at radius 1 is 1.12 bits per heavy atom. The molecule has 4 rings (SSSR count). The minimum absolute atomic E-state index is 0.289. The maximum absolute atomic E-state index is 11.3. The highest BCUT2D eigenvalue weighted by Gasteiger charge is 2.22. The summed E-state index contributed by atoms with van der Waals surface area (Å²) >= 11 is 0. The third kappa shape index (κ3) is 2.93. The molecule has 0 bridgehead atoms. The number of hydrogen-bond donors (Lipinski definition) is 1. The van der Waals surface area contributed by atoms with Crippen LogP contribution < -0.4 is 0 Å². The van der Waals surface area contributed by atoms with E-state index in [1.54, 1.807) is 12.1 Å². The smallest absolute Gasteiger partial charge is 0.335 e. The molecule has 3 aromatic rings. The first-order valence-electron chi connectivity index (χ1n) is 8.96. The minimum atomic E-state index is -0.911. The van der Waals surface area contributed by atoms with Gasteiger partial charge >= 0.3 is 5.97 Å². The Morgan fingerprint density at radius 2 is 1.92 bits per heavy atom. The molecule has 0 atom stereocenters. The number of hydrogen-bond acceptors (Lipinski definition) is 2. The van der Waals surface area contributed by atoms with E-state index >= 15 is 0 Å². The van der Waals surface area contributed by atoms with Crippen molar-refractivity contribution in [2.75, 3.05) is 0 Å². The molecular formula is C21H22N2O2. The molecule has 25 heavy (non-hydrogen) atoms. The molecule has 1 fully saturated rings. The number of aromatic nitrogens is 2. The lowest BCUT2D eigenvalue weighted by Crippen LogP contribution is -2.14. The zero-order valence-electron chi connectivity index (χ0n) is 14.4. The first kappa shape index (κ1) is 15.9. The number of aromatic carboxylic acids is 1. The lowest BCUT2D eigenvalue weighted by molar-refractivity contribution is 0.0697. The van der Waals surface area contributed by atoms with E-state index in [1.165, 1.54) is 24.8 Å². The Labute approximate surface area is 147 Å². The van der Waals surface area contributed by atoms with E-state index in [0.717, 1.165) is 35.3 Å². The van der Waals surface area contributed by atoms with Crippen LogP contribution in [0, 0.1) is 6.92 Å². The van der Waals surface area contributed by atoms with Crippen LogP contribution in [0.5, 0.6) is 0 Å². The Morgan fingerprint density at radius 3 is 2.64 bits per heavy atom. The number of imidazole rings is 1. The number of aryl methyl sites for hydroxylation is 1. The summed E-state index contributed by atoms with van der Waals surface area (Å²) in [7, 11) is 0. The molecule has 1 saturated carbocycles. The van der Waals surface area contributed by atoms with Gasteiger partial charge < -0.3 is 9.67 Å². The van der Waals surface area contributed by atoms with Gasteiger partial charge in [0.2, 0.25) is 0 Å². The molecule has 1 aliphatic carbocycles. The lowest BCUT2D eigenvalue weighted by Gasteiger charge is -2.25. The fourth-order valence-corrected chi connectivity index (χ4v) is 3.93. The molecule has 0 saturated heterocycles. The van der Waals surface area contributed by atoms with Gasteiger partial charge in [-0.15, -0.1) is 0 Å². The van der Waals surface area contributed by atoms with Crippen molar-refractivity contribution in [3.05, 3.63) is 53.6 Å². The van der Waals surface area contributed by atoms with Crippen molar-refractivity contribution in [3.8, 4) is 11.4 Å². The summed E-state index contributed by atoms with van der Waals surface area (Å²) in [5.41, 5.74) is 4.39. The lowest BCUT2D eigenvalue weighted by atomic mass is 9.94. The molecule has 0 aliphatic heterocycles. The highest BCUT2D eigenvalue weighted by Crippen LogP contribution is 2.36. The van der Waals surface area contributed by atoms with Gasteiger partial charge in [0.1, 0.15) is 5.82 Å². The average molecular weight is 334 g/mol. The zero-order chi connectivity index (χ0) is 17.4. The van der Waals surface area contributed by atoms with Crippen molar-refractivity contribution < 1.29 is 9.90 Å². The second-order valence-corrected chi connectivity index (χ2v) is 6.98. The Kier molecular flexibility index (Phi) is 4.04. The van der Waals surface area contributed by atoms with Crippen molar-refractivity contribution in [1.29, 1.82) is 0 Å². The molecule has 0 radical (unpaired) electrons. The minimum Gasteiger partial charge on any atom is -0.478 e. The van der Waals surface area contributed by atoms with Gasteiger partial charge in [-0.25, -0.2) is 9.78 Å². The van der Waals surface area contributed by atoms with Gasteiger partial charge in [-0.05, 0) is 44.0 Å². The molecule has 1 aromatic heterocycles. The van der Waals surface area contributed by atoms with E-state index in [-0.39, 0.29) is 5.56 Å². The second-order valence-electron chi connectivity index (χ2n) is 6.98. The number of rotatable bonds is 3. The van der Waals surface area contributed by atoms with E-state index in [4.69, 9.17) is 4.98 Å². The molecule has 1 N–H and O–H groups in total. The summed E-state index contributed by atoms with van der Waals surface area (Å²) in [6.45, 7) is 2.08. The van der Waals surface area contributed by atoms with E-state index in [0.29, 0.717) is 6.04 Å². The molecule has 1 aliphatic rings. The van der Waals surface area contributed by atoms with Gasteiger partial charge in [-0.2, -0.15) is 0 Å². The van der Waals surface area contributed by atoms with E-state index in [1.807, 2.05) is 6.07 Å². The summed E-state index contributed by atoms with van der Waals surface area (Å²) in [4.78, 5) is 16.2. The van der Waals surface area contributed by atoms with Gasteiger partial charge in [-0.3, -0.25) is 0 Å². The first-order valence-corrected chi connectivity index (χ1v) is 8.96. The number of carboxylic acid groups (broad SMARTS) is 1. The normalized spacial score (nSPS) is 15.6. The topological polar surface area (TPSA) is 55.1 Å². The maximum atomic E-state index is 11.3. The highest BCUT2D eigenvalue weighted by molar-refractivity contribution is 5.93. The van der Waals surface area contributed by atoms with Crippen LogP contribution in [0.4, 0.5) is 0 Å². The predicted molar refractivity (Wildman–Crippen MR) is 99.0 cm³/mol. The molecule has 1 heterocycles. The van der Waals surface area contributed by atoms with Gasteiger partial charge in [0.15, 0.2) is 0 Å². The van der Waals surface area contributed by atoms with Gasteiger partial charge in [0.25, 0.3) is 0 Å². The van der Waals surface area contributed by atoms with E-state index in [2.05, 4.69) is 35.8 Å². The van der Waals surface area contributed by atoms with Crippen molar-refractivity contribution in [2.24, 2.45) is 0 Å². The molecule has 128 valence electrons. The zero-order valence-corrected chi connectivity index (χ0v) is 14.4. The summed E-state index contributed by atoms with van der Waals surface area (Å²) in [5, 5.41) is 9.29. The fourth-order valence-electron chi connectivity index (χ4n) is 3.93. The quantitative estimate of drug-likeness (QED) is 0.715. The maximum Gasteiger partial charge on any atom is 0.335 e. The third-order valence-electron chi connectivity index (χ3n) is 5.15. The summed E-state index contributed by atoms with van der Waals surface area (Å²) < 4.78 is 2.34. The Balaban J connectivity index is 1.94. The number of fused-ring (bicyclic) bond motifs is 1. The van der Waals surface area contributed by atoms with Crippen molar-refractivity contribution in [3.63, 3.8) is 0 Å². The van der Waals surface area contributed by atoms with E-state index < -0.39 is 5.97 Å². The molecule has 4 nitrogen and oxygen atoms in total. The predicted octanol–water partition coefficient (Wildman–Crippen LogP) is 5.22. The van der Waals surface area contributed by atoms with Crippen LogP contribution >= 0.6 is 0 Å². The van der Waals surface area contributed by atoms with Crippen molar-refractivity contribution >= 4 is 17.0 Å². The number of benzene rings is 2. The third-order valence-corrected chi connectivity index (χ3v) is 5.15. The monoisotopic (exact) mass is 334 g/mol. The average Bonchev–Trinajstić information content (AvgIpc) is 3.01. The van der Waals surface area contributed by atoms with Crippen LogP contribution in [0.3, 0.4) is 0 Å². The largest absolute Gasteiger partial charge is 0.478 e. The van der Waals surface area contributed by atoms with Gasteiger partial charge in [-0.1, -0.05) is 43.0 Å². The molecular weight excluding hydrogens is 312 g/mol. The second kappa shape index (κ2) is 6.36. The van der Waals surface area contributed by atoms with Crippen molar-refractivity contribution in [1.82, 2.24) is 9.55 Å². The molecule has 4 heteroatoms. The number of carbonyl (C=O) groups is 1. The number of carboxylic acids is 1. The van der Waals surface area contributed by atoms with Crippen molar-refractivity contribution in [2.45, 2.75) is 45.1 Å². The highest BCUT2D eigenvalue weighted by atomic mass is 16.4. The SMILES string of the molecule is Cc1cccc(-c2nc3cc(C(=O)O)ccc3n2C2CCCCC2)c1. The Bertz CT molecular complexity index is 936. The van der Waals surface area contributed by atoms with Crippen LogP contribution in [-0.4, -0.2) is 20.6 Å². The molecule has 0 amide bonds. The van der Waals surface area contributed by atoms with Gasteiger partial charge in [0, 0.05) is 11.6 Å². The summed E-state index contributed by atoms with van der Waals surface area (Å²) in [6, 6.07) is 14.1. The van der Waals surface area contributed by atoms with E-state index in [9.17, 15) is 9.90 Å². The molecule has 0 spiro atoms. The fraction of sp³-hybridized carbons (Fsp3) is 0.333. The van der Waals surface area contributed by atoms with Gasteiger partial charge in [0.05, 0.1) is 16.6 Å². The summed E-state index contributed by atoms with van der Waals surface area (Å²) in [6.07, 6.45) is 6.09. The van der Waals surface area contributed by atoms with Crippen LogP contribution in [-0.2, 0) is 0 Å². The standard InChI is InChI=1S/C21H22N2O2/c1-14-6-5-7-15(12-14)20-22-18-13-16(21(24)25)10-11-19(18)23(20)17-8-3-2-4-9-17/h5-7,10-13,17H,2-4,8-9H2,1H3,(H,24,25). The van der Waals surface area contributed by atoms with Crippen LogP contribution in [0.25, 0.3) is 22.4 Å². The first-order chi connectivity index (χ1) is 12.1.